The Morgan fingerprint density at radius 1 is 1.15 bits per heavy atom. The van der Waals surface area contributed by atoms with E-state index >= 15 is 0 Å². The molecule has 8 nitrogen and oxygen atoms in total. The number of rotatable bonds is 4. The van der Waals surface area contributed by atoms with Crippen molar-refractivity contribution in [1.82, 2.24) is 9.97 Å². The lowest BCUT2D eigenvalue weighted by Gasteiger charge is -2.06. The van der Waals surface area contributed by atoms with Gasteiger partial charge in [0.2, 0.25) is 5.95 Å². The van der Waals surface area contributed by atoms with Gasteiger partial charge in [0, 0.05) is 17.2 Å². The van der Waals surface area contributed by atoms with Crippen molar-refractivity contribution in [2.45, 2.75) is 0 Å². The molecule has 2 aromatic carbocycles. The van der Waals surface area contributed by atoms with Crippen molar-refractivity contribution >= 4 is 12.2 Å². The molecule has 1 heterocycles. The average molecular weight is 347 g/mol. The van der Waals surface area contributed by atoms with Crippen molar-refractivity contribution < 1.29 is 10.2 Å². The number of hydrazone groups is 1. The van der Waals surface area contributed by atoms with E-state index in [-0.39, 0.29) is 28.7 Å². The van der Waals surface area contributed by atoms with Gasteiger partial charge in [-0.15, -0.1) is 0 Å². The molecule has 128 valence electrons. The van der Waals surface area contributed by atoms with Gasteiger partial charge in [0.15, 0.2) is 0 Å². The summed E-state index contributed by atoms with van der Waals surface area (Å²) in [4.78, 5) is 18.8. The molecule has 0 bridgehead atoms. The predicted octanol–water partition coefficient (Wildman–Crippen LogP) is 2.17. The van der Waals surface area contributed by atoms with Gasteiger partial charge in [0.1, 0.15) is 23.1 Å². The largest absolute Gasteiger partial charge is 0.508 e. The van der Waals surface area contributed by atoms with Crippen LogP contribution in [0.25, 0.3) is 11.3 Å². The van der Waals surface area contributed by atoms with Crippen LogP contribution in [0.5, 0.6) is 11.5 Å². The third-order valence-electron chi connectivity index (χ3n) is 3.39. The normalized spacial score (nSPS) is 10.6. The second-order valence-corrected chi connectivity index (χ2v) is 5.27. The Kier molecular flexibility index (Phi) is 4.63. The Balaban J connectivity index is 1.92. The number of phenolic OH excluding ortho intramolecular Hbond substituents is 2. The van der Waals surface area contributed by atoms with Crippen molar-refractivity contribution in [3.05, 3.63) is 70.0 Å². The summed E-state index contributed by atoms with van der Waals surface area (Å²) in [5.41, 5.74) is 3.19. The van der Waals surface area contributed by atoms with E-state index in [1.54, 1.807) is 24.3 Å². The standard InChI is InChI=1S/C18H13N5O3/c19-9-15-16(12-4-2-1-3-5-12)21-18(22-17(15)26)23-20-10-11-6-13(24)8-14(25)7-11/h1-8,10,24-25H,(H2,21,22,23,26). The maximum Gasteiger partial charge on any atom is 0.270 e. The molecule has 3 aromatic rings. The van der Waals surface area contributed by atoms with Crippen LogP contribution in [0.15, 0.2) is 58.4 Å². The van der Waals surface area contributed by atoms with Gasteiger partial charge in [-0.3, -0.25) is 9.78 Å². The molecular weight excluding hydrogens is 334 g/mol. The number of anilines is 1. The van der Waals surface area contributed by atoms with Crippen LogP contribution in [0.2, 0.25) is 0 Å². The van der Waals surface area contributed by atoms with Gasteiger partial charge in [0.25, 0.3) is 5.56 Å². The van der Waals surface area contributed by atoms with Crippen molar-refractivity contribution in [3.8, 4) is 28.8 Å². The summed E-state index contributed by atoms with van der Waals surface area (Å²) in [6.45, 7) is 0. The van der Waals surface area contributed by atoms with Gasteiger partial charge >= 0.3 is 0 Å². The van der Waals surface area contributed by atoms with Crippen LogP contribution in [-0.2, 0) is 0 Å². The Morgan fingerprint density at radius 3 is 2.50 bits per heavy atom. The predicted molar refractivity (Wildman–Crippen MR) is 96.0 cm³/mol. The molecule has 3 rings (SSSR count). The molecule has 0 fully saturated rings. The average Bonchev–Trinajstić information content (AvgIpc) is 2.61. The van der Waals surface area contributed by atoms with Crippen molar-refractivity contribution in [2.75, 3.05) is 5.43 Å². The molecule has 0 aliphatic carbocycles. The van der Waals surface area contributed by atoms with Gasteiger partial charge in [0.05, 0.1) is 11.9 Å². The van der Waals surface area contributed by atoms with E-state index in [4.69, 9.17) is 0 Å². The Hall–Kier alpha value is -4.12. The van der Waals surface area contributed by atoms with Gasteiger partial charge < -0.3 is 10.2 Å². The quantitative estimate of drug-likeness (QED) is 0.422. The van der Waals surface area contributed by atoms with E-state index in [1.807, 2.05) is 12.1 Å². The van der Waals surface area contributed by atoms with Crippen molar-refractivity contribution in [1.29, 1.82) is 5.26 Å². The Morgan fingerprint density at radius 2 is 1.85 bits per heavy atom. The van der Waals surface area contributed by atoms with Crippen LogP contribution in [-0.4, -0.2) is 26.4 Å². The zero-order valence-electron chi connectivity index (χ0n) is 13.3. The topological polar surface area (TPSA) is 134 Å². The zero-order valence-corrected chi connectivity index (χ0v) is 13.3. The molecule has 0 unspecified atom stereocenters. The number of benzene rings is 2. The molecule has 26 heavy (non-hydrogen) atoms. The monoisotopic (exact) mass is 347 g/mol. The second-order valence-electron chi connectivity index (χ2n) is 5.27. The van der Waals surface area contributed by atoms with E-state index < -0.39 is 5.56 Å². The number of nitrogens with one attached hydrogen (secondary N) is 2. The summed E-state index contributed by atoms with van der Waals surface area (Å²) < 4.78 is 0. The number of aromatic amines is 1. The van der Waals surface area contributed by atoms with Gasteiger partial charge in [-0.05, 0) is 12.1 Å². The SMILES string of the molecule is N#Cc1c(-c2ccccc2)nc(NN=Cc2cc(O)cc(O)c2)[nH]c1=O. The fourth-order valence-electron chi connectivity index (χ4n) is 2.30. The summed E-state index contributed by atoms with van der Waals surface area (Å²) in [5.74, 6) is -0.168. The molecule has 0 saturated carbocycles. The lowest BCUT2D eigenvalue weighted by molar-refractivity contribution is 0.450. The molecule has 8 heteroatoms. The van der Waals surface area contributed by atoms with Gasteiger partial charge in [-0.25, -0.2) is 10.4 Å². The van der Waals surface area contributed by atoms with Crippen LogP contribution in [0.4, 0.5) is 5.95 Å². The highest BCUT2D eigenvalue weighted by molar-refractivity contribution is 5.81. The Bertz CT molecular complexity index is 1050. The lowest BCUT2D eigenvalue weighted by atomic mass is 10.1. The minimum absolute atomic E-state index is 0.0495. The number of hydrogen-bond donors (Lipinski definition) is 4. The Labute approximate surface area is 147 Å². The fourth-order valence-corrected chi connectivity index (χ4v) is 2.30. The molecule has 4 N–H and O–H groups in total. The number of nitrogens with zero attached hydrogens (tertiary/aromatic N) is 3. The van der Waals surface area contributed by atoms with E-state index in [1.165, 1.54) is 24.4 Å². The highest BCUT2D eigenvalue weighted by Gasteiger charge is 2.12. The first-order chi connectivity index (χ1) is 12.6. The minimum Gasteiger partial charge on any atom is -0.508 e. The number of aromatic hydroxyl groups is 2. The molecule has 0 atom stereocenters. The third kappa shape index (κ3) is 3.68. The molecule has 0 aliphatic heterocycles. The molecule has 0 radical (unpaired) electrons. The number of hydrogen-bond acceptors (Lipinski definition) is 7. The van der Waals surface area contributed by atoms with E-state index in [0.717, 1.165) is 0 Å². The first-order valence-corrected chi connectivity index (χ1v) is 7.49. The van der Waals surface area contributed by atoms with Crippen LogP contribution in [0.3, 0.4) is 0 Å². The number of nitriles is 1. The number of phenols is 2. The van der Waals surface area contributed by atoms with Crippen molar-refractivity contribution in [3.63, 3.8) is 0 Å². The summed E-state index contributed by atoms with van der Waals surface area (Å²) >= 11 is 0. The van der Waals surface area contributed by atoms with E-state index in [9.17, 15) is 20.3 Å². The van der Waals surface area contributed by atoms with Crippen LogP contribution in [0.1, 0.15) is 11.1 Å². The first-order valence-electron chi connectivity index (χ1n) is 7.49. The summed E-state index contributed by atoms with van der Waals surface area (Å²) in [5, 5.41) is 32.0. The summed E-state index contributed by atoms with van der Waals surface area (Å²) in [6, 6.07) is 14.7. The van der Waals surface area contributed by atoms with Crippen LogP contribution < -0.4 is 11.0 Å². The third-order valence-corrected chi connectivity index (χ3v) is 3.39. The summed E-state index contributed by atoms with van der Waals surface area (Å²) in [7, 11) is 0. The smallest absolute Gasteiger partial charge is 0.270 e. The highest BCUT2D eigenvalue weighted by Crippen LogP contribution is 2.20. The second kappa shape index (κ2) is 7.19. The molecular formula is C18H13N5O3. The number of aromatic nitrogens is 2. The molecule has 0 spiro atoms. The molecule has 0 amide bonds. The fraction of sp³-hybridized carbons (Fsp3) is 0. The molecule has 0 saturated heterocycles. The minimum atomic E-state index is -0.589. The molecule has 1 aromatic heterocycles. The van der Waals surface area contributed by atoms with Gasteiger partial charge in [-0.1, -0.05) is 30.3 Å². The number of H-pyrrole nitrogens is 1. The van der Waals surface area contributed by atoms with E-state index in [2.05, 4.69) is 20.5 Å². The maximum absolute atomic E-state index is 12.1. The summed E-state index contributed by atoms with van der Waals surface area (Å²) in [6.07, 6.45) is 1.33. The van der Waals surface area contributed by atoms with Crippen molar-refractivity contribution in [2.24, 2.45) is 5.10 Å². The highest BCUT2D eigenvalue weighted by atomic mass is 16.3. The molecule has 0 aliphatic rings. The first kappa shape index (κ1) is 16.7. The maximum atomic E-state index is 12.1. The van der Waals surface area contributed by atoms with E-state index in [0.29, 0.717) is 11.1 Å². The van der Waals surface area contributed by atoms with Gasteiger partial charge in [-0.2, -0.15) is 10.4 Å². The van der Waals surface area contributed by atoms with Crippen LogP contribution in [0, 0.1) is 11.3 Å². The zero-order chi connectivity index (χ0) is 18.5. The lowest BCUT2D eigenvalue weighted by Crippen LogP contribution is -2.16. The van der Waals surface area contributed by atoms with Crippen LogP contribution >= 0.6 is 0 Å².